The molecule has 8 heteroatoms. The Kier molecular flexibility index (Phi) is 7.55. The SMILES string of the molecule is O=C(CCc1ccc(S(=O)(=O)N2CCCCC2)cc1)N1CCN(Cc2ccccn2)CC1. The molecule has 7 nitrogen and oxygen atoms in total. The van der Waals surface area contributed by atoms with Crippen LogP contribution in [0.3, 0.4) is 0 Å². The lowest BCUT2D eigenvalue weighted by Gasteiger charge is -2.34. The fraction of sp³-hybridized carbons (Fsp3) is 0.500. The highest BCUT2D eigenvalue weighted by Crippen LogP contribution is 2.21. The number of benzene rings is 1. The van der Waals surface area contributed by atoms with Gasteiger partial charge in [0, 0.05) is 58.4 Å². The maximum atomic E-state index is 12.8. The monoisotopic (exact) mass is 456 g/mol. The second-order valence-electron chi connectivity index (χ2n) is 8.59. The number of carbonyl (C=O) groups is 1. The van der Waals surface area contributed by atoms with E-state index < -0.39 is 10.0 Å². The minimum Gasteiger partial charge on any atom is -0.340 e. The summed E-state index contributed by atoms with van der Waals surface area (Å²) in [5.41, 5.74) is 2.04. The molecule has 2 aliphatic rings. The van der Waals surface area contributed by atoms with Gasteiger partial charge in [-0.2, -0.15) is 4.31 Å². The zero-order valence-corrected chi connectivity index (χ0v) is 19.3. The number of amides is 1. The van der Waals surface area contributed by atoms with Crippen LogP contribution >= 0.6 is 0 Å². The van der Waals surface area contributed by atoms with E-state index in [-0.39, 0.29) is 5.91 Å². The van der Waals surface area contributed by atoms with Gasteiger partial charge >= 0.3 is 0 Å². The zero-order chi connectivity index (χ0) is 22.4. The number of sulfonamides is 1. The van der Waals surface area contributed by atoms with Crippen molar-refractivity contribution in [2.45, 2.75) is 43.5 Å². The van der Waals surface area contributed by atoms with E-state index in [0.717, 1.165) is 63.2 Å². The van der Waals surface area contributed by atoms with Crippen LogP contribution in [-0.4, -0.2) is 72.7 Å². The maximum absolute atomic E-state index is 12.8. The smallest absolute Gasteiger partial charge is 0.243 e. The van der Waals surface area contributed by atoms with E-state index in [0.29, 0.717) is 30.8 Å². The van der Waals surface area contributed by atoms with Gasteiger partial charge in [-0.3, -0.25) is 14.7 Å². The van der Waals surface area contributed by atoms with Gasteiger partial charge in [-0.25, -0.2) is 8.42 Å². The fourth-order valence-electron chi connectivity index (χ4n) is 4.37. The van der Waals surface area contributed by atoms with Crippen molar-refractivity contribution >= 4 is 15.9 Å². The Labute approximate surface area is 191 Å². The Morgan fingerprint density at radius 3 is 2.25 bits per heavy atom. The first kappa shape index (κ1) is 22.9. The van der Waals surface area contributed by atoms with Crippen LogP contribution in [0.25, 0.3) is 0 Å². The molecule has 3 heterocycles. The molecule has 1 amide bonds. The largest absolute Gasteiger partial charge is 0.340 e. The van der Waals surface area contributed by atoms with Gasteiger partial charge in [0.1, 0.15) is 0 Å². The summed E-state index contributed by atoms with van der Waals surface area (Å²) >= 11 is 0. The molecule has 2 saturated heterocycles. The molecule has 2 aromatic rings. The first-order chi connectivity index (χ1) is 15.5. The molecule has 172 valence electrons. The van der Waals surface area contributed by atoms with Crippen molar-refractivity contribution in [1.82, 2.24) is 19.1 Å². The number of aryl methyl sites for hydroxylation is 1. The number of hydrogen-bond donors (Lipinski definition) is 0. The average molecular weight is 457 g/mol. The normalized spacial score (nSPS) is 18.6. The molecule has 0 unspecified atom stereocenters. The number of rotatable bonds is 7. The van der Waals surface area contributed by atoms with Crippen LogP contribution in [-0.2, 0) is 27.8 Å². The van der Waals surface area contributed by atoms with E-state index in [4.69, 9.17) is 0 Å². The summed E-state index contributed by atoms with van der Waals surface area (Å²) in [5, 5.41) is 0. The lowest BCUT2D eigenvalue weighted by molar-refractivity contribution is -0.133. The summed E-state index contributed by atoms with van der Waals surface area (Å²) < 4.78 is 27.1. The van der Waals surface area contributed by atoms with Crippen molar-refractivity contribution in [3.8, 4) is 0 Å². The van der Waals surface area contributed by atoms with E-state index >= 15 is 0 Å². The molecule has 1 aromatic carbocycles. The number of piperidine rings is 1. The Morgan fingerprint density at radius 1 is 0.875 bits per heavy atom. The van der Waals surface area contributed by atoms with Crippen LogP contribution in [0.4, 0.5) is 0 Å². The van der Waals surface area contributed by atoms with Gasteiger partial charge in [-0.1, -0.05) is 24.6 Å². The van der Waals surface area contributed by atoms with Gasteiger partial charge in [0.15, 0.2) is 0 Å². The van der Waals surface area contributed by atoms with E-state index in [1.807, 2.05) is 41.4 Å². The third kappa shape index (κ3) is 5.74. The predicted molar refractivity (Wildman–Crippen MR) is 123 cm³/mol. The summed E-state index contributed by atoms with van der Waals surface area (Å²) in [4.78, 5) is 21.6. The van der Waals surface area contributed by atoms with Gasteiger partial charge in [0.05, 0.1) is 10.6 Å². The highest BCUT2D eigenvalue weighted by Gasteiger charge is 2.26. The Morgan fingerprint density at radius 2 is 1.59 bits per heavy atom. The van der Waals surface area contributed by atoms with Crippen molar-refractivity contribution in [3.05, 3.63) is 59.9 Å². The summed E-state index contributed by atoms with van der Waals surface area (Å²) in [6, 6.07) is 13.0. The Balaban J connectivity index is 1.24. The van der Waals surface area contributed by atoms with Gasteiger partial charge < -0.3 is 4.90 Å². The Hall–Kier alpha value is -2.29. The van der Waals surface area contributed by atoms with Crippen LogP contribution in [0.2, 0.25) is 0 Å². The standard InChI is InChI=1S/C24H32N4O3S/c29-24(27-18-16-26(17-19-27)20-22-6-2-3-13-25-22)12-9-21-7-10-23(11-8-21)32(30,31)28-14-4-1-5-15-28/h2-3,6-8,10-11,13H,1,4-5,9,12,14-20H2. The van der Waals surface area contributed by atoms with Crippen LogP contribution in [0, 0.1) is 0 Å². The number of aromatic nitrogens is 1. The van der Waals surface area contributed by atoms with E-state index in [9.17, 15) is 13.2 Å². The molecule has 0 N–H and O–H groups in total. The predicted octanol–water partition coefficient (Wildman–Crippen LogP) is 2.53. The number of nitrogens with zero attached hydrogens (tertiary/aromatic N) is 4. The van der Waals surface area contributed by atoms with E-state index in [2.05, 4.69) is 9.88 Å². The van der Waals surface area contributed by atoms with E-state index in [1.165, 1.54) is 0 Å². The number of carbonyl (C=O) groups excluding carboxylic acids is 1. The lowest BCUT2D eigenvalue weighted by Crippen LogP contribution is -2.48. The fourth-order valence-corrected chi connectivity index (χ4v) is 5.89. The molecule has 0 spiro atoms. The quantitative estimate of drug-likeness (QED) is 0.640. The van der Waals surface area contributed by atoms with Gasteiger partial charge in [-0.05, 0) is 49.1 Å². The highest BCUT2D eigenvalue weighted by atomic mass is 32.2. The minimum absolute atomic E-state index is 0.160. The molecule has 0 radical (unpaired) electrons. The second kappa shape index (κ2) is 10.6. The topological polar surface area (TPSA) is 73.8 Å². The van der Waals surface area contributed by atoms with Crippen molar-refractivity contribution in [1.29, 1.82) is 0 Å². The maximum Gasteiger partial charge on any atom is 0.243 e. The van der Waals surface area contributed by atoms with Gasteiger partial charge in [-0.15, -0.1) is 0 Å². The van der Waals surface area contributed by atoms with Crippen molar-refractivity contribution < 1.29 is 13.2 Å². The number of pyridine rings is 1. The molecule has 32 heavy (non-hydrogen) atoms. The van der Waals surface area contributed by atoms with Gasteiger partial charge in [0.25, 0.3) is 0 Å². The summed E-state index contributed by atoms with van der Waals surface area (Å²) in [7, 11) is -3.41. The molecular weight excluding hydrogens is 424 g/mol. The molecule has 1 aromatic heterocycles. The van der Waals surface area contributed by atoms with Crippen LogP contribution in [0.15, 0.2) is 53.6 Å². The van der Waals surface area contributed by atoms with Gasteiger partial charge in [0.2, 0.25) is 15.9 Å². The summed E-state index contributed by atoms with van der Waals surface area (Å²) in [5.74, 6) is 0.160. The lowest BCUT2D eigenvalue weighted by atomic mass is 10.1. The molecule has 2 fully saturated rings. The van der Waals surface area contributed by atoms with Crippen LogP contribution < -0.4 is 0 Å². The first-order valence-electron chi connectivity index (χ1n) is 11.5. The first-order valence-corrected chi connectivity index (χ1v) is 13.0. The molecule has 0 bridgehead atoms. The third-order valence-corrected chi connectivity index (χ3v) is 8.25. The molecule has 0 saturated carbocycles. The summed E-state index contributed by atoms with van der Waals surface area (Å²) in [6.45, 7) is 5.20. The van der Waals surface area contributed by atoms with Crippen molar-refractivity contribution in [2.75, 3.05) is 39.3 Å². The molecule has 0 aliphatic carbocycles. The Bertz CT molecular complexity index is 982. The molecule has 2 aliphatic heterocycles. The van der Waals surface area contributed by atoms with E-state index in [1.54, 1.807) is 16.4 Å². The highest BCUT2D eigenvalue weighted by molar-refractivity contribution is 7.89. The second-order valence-corrected chi connectivity index (χ2v) is 10.5. The third-order valence-electron chi connectivity index (χ3n) is 6.34. The number of hydrogen-bond acceptors (Lipinski definition) is 5. The number of piperazine rings is 1. The average Bonchev–Trinajstić information content (AvgIpc) is 2.84. The molecular formula is C24H32N4O3S. The summed E-state index contributed by atoms with van der Waals surface area (Å²) in [6.07, 6.45) is 5.83. The van der Waals surface area contributed by atoms with Crippen LogP contribution in [0.1, 0.15) is 36.9 Å². The molecule has 0 atom stereocenters. The van der Waals surface area contributed by atoms with Crippen molar-refractivity contribution in [2.24, 2.45) is 0 Å². The van der Waals surface area contributed by atoms with Crippen LogP contribution in [0.5, 0.6) is 0 Å². The van der Waals surface area contributed by atoms with Crippen molar-refractivity contribution in [3.63, 3.8) is 0 Å². The molecule has 4 rings (SSSR count). The zero-order valence-electron chi connectivity index (χ0n) is 18.5. The minimum atomic E-state index is -3.41.